The van der Waals surface area contributed by atoms with Gasteiger partial charge in [-0.3, -0.25) is 4.79 Å². The zero-order valence-corrected chi connectivity index (χ0v) is 12.7. The molecule has 1 amide bonds. The number of rotatable bonds is 6. The van der Waals surface area contributed by atoms with Crippen molar-refractivity contribution in [2.75, 3.05) is 7.05 Å². The van der Waals surface area contributed by atoms with Crippen LogP contribution in [-0.4, -0.2) is 25.1 Å². The van der Waals surface area contributed by atoms with Gasteiger partial charge in [-0.05, 0) is 50.3 Å². The maximum absolute atomic E-state index is 11.5. The van der Waals surface area contributed by atoms with Gasteiger partial charge >= 0.3 is 0 Å². The first-order valence-corrected chi connectivity index (χ1v) is 7.23. The lowest BCUT2D eigenvalue weighted by atomic mass is 10.1. The zero-order chi connectivity index (χ0) is 14.7. The fraction of sp³-hybridized carbons (Fsp3) is 0.562. The molecule has 0 saturated heterocycles. The van der Waals surface area contributed by atoms with Gasteiger partial charge in [-0.1, -0.05) is 12.1 Å². The Kier molecular flexibility index (Phi) is 4.65. The number of carbonyl (C=O) groups is 1. The van der Waals surface area contributed by atoms with Crippen LogP contribution < -0.4 is 15.4 Å². The van der Waals surface area contributed by atoms with E-state index in [4.69, 9.17) is 4.74 Å². The van der Waals surface area contributed by atoms with Gasteiger partial charge in [0, 0.05) is 19.6 Å². The molecule has 0 aromatic heterocycles. The second kappa shape index (κ2) is 6.27. The summed E-state index contributed by atoms with van der Waals surface area (Å²) in [6.45, 7) is 6.72. The highest BCUT2D eigenvalue weighted by Gasteiger charge is 2.20. The van der Waals surface area contributed by atoms with Gasteiger partial charge in [0.05, 0.1) is 0 Å². The Balaban J connectivity index is 2.06. The third-order valence-corrected chi connectivity index (χ3v) is 3.60. The molecule has 2 N–H and O–H groups in total. The maximum atomic E-state index is 11.5. The van der Waals surface area contributed by atoms with Crippen molar-refractivity contribution in [3.63, 3.8) is 0 Å². The van der Waals surface area contributed by atoms with E-state index in [2.05, 4.69) is 22.8 Å². The molecule has 0 aliphatic heterocycles. The fourth-order valence-corrected chi connectivity index (χ4v) is 2.31. The lowest BCUT2D eigenvalue weighted by Crippen LogP contribution is -2.34. The van der Waals surface area contributed by atoms with Crippen LogP contribution in [-0.2, 0) is 11.3 Å². The summed E-state index contributed by atoms with van der Waals surface area (Å²) >= 11 is 0. The highest BCUT2D eigenvalue weighted by atomic mass is 16.5. The molecule has 0 spiro atoms. The molecule has 0 heterocycles. The van der Waals surface area contributed by atoms with Crippen molar-refractivity contribution in [1.82, 2.24) is 10.6 Å². The van der Waals surface area contributed by atoms with Crippen LogP contribution in [0.25, 0.3) is 0 Å². The van der Waals surface area contributed by atoms with Gasteiger partial charge in [-0.2, -0.15) is 0 Å². The van der Waals surface area contributed by atoms with Crippen molar-refractivity contribution in [1.29, 1.82) is 0 Å². The van der Waals surface area contributed by atoms with E-state index in [-0.39, 0.29) is 5.91 Å². The van der Waals surface area contributed by atoms with Crippen LogP contribution in [0.4, 0.5) is 0 Å². The number of nitrogens with one attached hydrogen (secondary N) is 2. The summed E-state index contributed by atoms with van der Waals surface area (Å²) in [6, 6.07) is 4.97. The van der Waals surface area contributed by atoms with Gasteiger partial charge in [0.25, 0.3) is 5.91 Å². The Labute approximate surface area is 120 Å². The predicted molar refractivity (Wildman–Crippen MR) is 79.9 cm³/mol. The van der Waals surface area contributed by atoms with E-state index in [9.17, 15) is 4.79 Å². The van der Waals surface area contributed by atoms with E-state index in [1.807, 2.05) is 13.8 Å². The summed E-state index contributed by atoms with van der Waals surface area (Å²) in [6.07, 6.45) is 2.11. The second-order valence-corrected chi connectivity index (χ2v) is 5.59. The lowest BCUT2D eigenvalue weighted by molar-refractivity contribution is -0.126. The van der Waals surface area contributed by atoms with E-state index in [1.165, 1.54) is 18.4 Å². The Bertz CT molecular complexity index is 472. The topological polar surface area (TPSA) is 50.4 Å². The quantitative estimate of drug-likeness (QED) is 0.836. The third-order valence-electron chi connectivity index (χ3n) is 3.60. The first-order valence-electron chi connectivity index (χ1n) is 7.23. The summed E-state index contributed by atoms with van der Waals surface area (Å²) in [7, 11) is 1.62. The first-order chi connectivity index (χ1) is 9.51. The highest BCUT2D eigenvalue weighted by molar-refractivity contribution is 5.80. The molecule has 1 atom stereocenters. The number of hydrogen-bond acceptors (Lipinski definition) is 3. The molecule has 0 radical (unpaired) electrons. The van der Waals surface area contributed by atoms with Gasteiger partial charge in [-0.25, -0.2) is 0 Å². The number of likely N-dealkylation sites (N-methyl/N-ethyl adjacent to an activating group) is 1. The number of amides is 1. The lowest BCUT2D eigenvalue weighted by Gasteiger charge is -2.18. The molecular formula is C16H24N2O2. The van der Waals surface area contributed by atoms with E-state index in [0.717, 1.165) is 23.4 Å². The third kappa shape index (κ3) is 3.73. The van der Waals surface area contributed by atoms with Crippen LogP contribution in [0, 0.1) is 13.8 Å². The van der Waals surface area contributed by atoms with Crippen LogP contribution in [0.15, 0.2) is 12.1 Å². The minimum atomic E-state index is -0.479. The van der Waals surface area contributed by atoms with Gasteiger partial charge in [0.2, 0.25) is 0 Å². The molecule has 1 aromatic carbocycles. The molecule has 110 valence electrons. The fourth-order valence-electron chi connectivity index (χ4n) is 2.31. The summed E-state index contributed by atoms with van der Waals surface area (Å²) in [5, 5.41) is 6.11. The molecule has 1 fully saturated rings. The SMILES string of the molecule is CNC(=O)C(C)Oc1c(C)cc(CNC2CC2)cc1C. The van der Waals surface area contributed by atoms with Crippen LogP contribution >= 0.6 is 0 Å². The summed E-state index contributed by atoms with van der Waals surface area (Å²) in [5.41, 5.74) is 3.42. The van der Waals surface area contributed by atoms with Crippen molar-refractivity contribution in [2.24, 2.45) is 0 Å². The molecule has 1 aromatic rings. The predicted octanol–water partition coefficient (Wildman–Crippen LogP) is 2.07. The largest absolute Gasteiger partial charge is 0.480 e. The van der Waals surface area contributed by atoms with Gasteiger partial charge in [0.1, 0.15) is 5.75 Å². The number of ether oxygens (including phenoxy) is 1. The first kappa shape index (κ1) is 14.9. The van der Waals surface area contributed by atoms with Crippen molar-refractivity contribution in [3.8, 4) is 5.75 Å². The van der Waals surface area contributed by atoms with E-state index in [0.29, 0.717) is 6.04 Å². The molecule has 4 heteroatoms. The van der Waals surface area contributed by atoms with Crippen LogP contribution in [0.2, 0.25) is 0 Å². The Hall–Kier alpha value is -1.55. The van der Waals surface area contributed by atoms with Gasteiger partial charge in [0.15, 0.2) is 6.10 Å². The normalized spacial score (nSPS) is 15.8. The number of benzene rings is 1. The van der Waals surface area contributed by atoms with Crippen molar-refractivity contribution >= 4 is 5.91 Å². The van der Waals surface area contributed by atoms with Crippen molar-refractivity contribution in [2.45, 2.75) is 52.3 Å². The number of hydrogen-bond donors (Lipinski definition) is 2. The maximum Gasteiger partial charge on any atom is 0.260 e. The molecule has 2 rings (SSSR count). The minimum Gasteiger partial charge on any atom is -0.480 e. The van der Waals surface area contributed by atoms with Gasteiger partial charge < -0.3 is 15.4 Å². The van der Waals surface area contributed by atoms with Crippen molar-refractivity contribution in [3.05, 3.63) is 28.8 Å². The number of aryl methyl sites for hydroxylation is 2. The Morgan fingerprint density at radius 1 is 1.35 bits per heavy atom. The summed E-state index contributed by atoms with van der Waals surface area (Å²) < 4.78 is 5.79. The molecule has 0 bridgehead atoms. The van der Waals surface area contributed by atoms with Crippen LogP contribution in [0.1, 0.15) is 36.5 Å². The van der Waals surface area contributed by atoms with E-state index >= 15 is 0 Å². The molecule has 1 saturated carbocycles. The number of carbonyl (C=O) groups excluding carboxylic acids is 1. The molecule has 4 nitrogen and oxygen atoms in total. The molecule has 20 heavy (non-hydrogen) atoms. The van der Waals surface area contributed by atoms with Crippen LogP contribution in [0.3, 0.4) is 0 Å². The highest BCUT2D eigenvalue weighted by Crippen LogP contribution is 2.26. The van der Waals surface area contributed by atoms with Gasteiger partial charge in [-0.15, -0.1) is 0 Å². The zero-order valence-electron chi connectivity index (χ0n) is 12.7. The molecule has 1 aliphatic rings. The smallest absolute Gasteiger partial charge is 0.260 e. The molecule has 1 aliphatic carbocycles. The minimum absolute atomic E-state index is 0.108. The second-order valence-electron chi connectivity index (χ2n) is 5.59. The average molecular weight is 276 g/mol. The van der Waals surface area contributed by atoms with E-state index < -0.39 is 6.10 Å². The summed E-state index contributed by atoms with van der Waals surface area (Å²) in [5.74, 6) is 0.708. The van der Waals surface area contributed by atoms with Crippen LogP contribution in [0.5, 0.6) is 5.75 Å². The Morgan fingerprint density at radius 2 is 1.95 bits per heavy atom. The molecular weight excluding hydrogens is 252 g/mol. The summed E-state index contributed by atoms with van der Waals surface area (Å²) in [4.78, 5) is 11.5. The van der Waals surface area contributed by atoms with Crippen molar-refractivity contribution < 1.29 is 9.53 Å². The standard InChI is InChI=1S/C16H24N2O2/c1-10-7-13(9-18-14-5-6-14)8-11(2)15(10)20-12(3)16(19)17-4/h7-8,12,14,18H,5-6,9H2,1-4H3,(H,17,19). The van der Waals surface area contributed by atoms with E-state index in [1.54, 1.807) is 14.0 Å². The monoisotopic (exact) mass is 276 g/mol. The average Bonchev–Trinajstić information content (AvgIpc) is 3.23. The Morgan fingerprint density at radius 3 is 2.45 bits per heavy atom. The molecule has 1 unspecified atom stereocenters.